The minimum absolute atomic E-state index is 0.748. The van der Waals surface area contributed by atoms with Gasteiger partial charge in [0.1, 0.15) is 0 Å². The predicted octanol–water partition coefficient (Wildman–Crippen LogP) is 4.74. The molecule has 18 heavy (non-hydrogen) atoms. The molecule has 1 aromatic carbocycles. The van der Waals surface area contributed by atoms with Gasteiger partial charge in [0, 0.05) is 16.2 Å². The number of hydrogen-bond acceptors (Lipinski definition) is 1. The summed E-state index contributed by atoms with van der Waals surface area (Å²) in [5, 5.41) is 3.72. The highest BCUT2D eigenvalue weighted by molar-refractivity contribution is 14.1. The first-order chi connectivity index (χ1) is 8.78. The maximum Gasteiger partial charge on any atom is 0.0208 e. The summed E-state index contributed by atoms with van der Waals surface area (Å²) in [7, 11) is 0. The molecule has 1 aliphatic rings. The summed E-state index contributed by atoms with van der Waals surface area (Å²) < 4.78 is 1.32. The Kier molecular flexibility index (Phi) is 5.96. The van der Waals surface area contributed by atoms with Crippen LogP contribution in [0.15, 0.2) is 24.3 Å². The number of halogens is 1. The van der Waals surface area contributed by atoms with Gasteiger partial charge >= 0.3 is 0 Å². The van der Waals surface area contributed by atoms with E-state index in [4.69, 9.17) is 0 Å². The third kappa shape index (κ3) is 4.54. The van der Waals surface area contributed by atoms with E-state index in [-0.39, 0.29) is 0 Å². The maximum atomic E-state index is 3.72. The number of hydrogen-bond donors (Lipinski definition) is 1. The van der Waals surface area contributed by atoms with Gasteiger partial charge in [-0.25, -0.2) is 0 Å². The molecular weight excluding hydrogens is 333 g/mol. The first-order valence-electron chi connectivity index (χ1n) is 7.25. The Morgan fingerprint density at radius 1 is 1.11 bits per heavy atom. The number of rotatable bonds is 5. The number of benzene rings is 1. The summed E-state index contributed by atoms with van der Waals surface area (Å²) in [6.45, 7) is 3.33. The smallest absolute Gasteiger partial charge is 0.0208 e. The van der Waals surface area contributed by atoms with Gasteiger partial charge in [-0.3, -0.25) is 0 Å². The molecule has 0 atom stereocenters. The highest BCUT2D eigenvalue weighted by Gasteiger charge is 2.19. The van der Waals surface area contributed by atoms with E-state index in [0.29, 0.717) is 0 Å². The topological polar surface area (TPSA) is 12.0 Å². The Balaban J connectivity index is 1.70. The van der Waals surface area contributed by atoms with E-state index >= 15 is 0 Å². The molecule has 1 N–H and O–H groups in total. The second-order valence-electron chi connectivity index (χ2n) is 5.51. The van der Waals surface area contributed by atoms with E-state index in [0.717, 1.165) is 18.5 Å². The lowest BCUT2D eigenvalue weighted by atomic mass is 9.83. The molecule has 1 aliphatic carbocycles. The van der Waals surface area contributed by atoms with E-state index in [2.05, 4.69) is 59.1 Å². The molecule has 0 radical (unpaired) electrons. The van der Waals surface area contributed by atoms with Crippen molar-refractivity contribution in [1.29, 1.82) is 0 Å². The summed E-state index contributed by atoms with van der Waals surface area (Å²) in [4.78, 5) is 0. The SMILES string of the molecule is CCCC1CCC(NCc2ccc(I)cc2)CC1. The van der Waals surface area contributed by atoms with Gasteiger partial charge in [0.2, 0.25) is 0 Å². The molecule has 2 rings (SSSR count). The van der Waals surface area contributed by atoms with E-state index in [1.807, 2.05) is 0 Å². The van der Waals surface area contributed by atoms with E-state index < -0.39 is 0 Å². The van der Waals surface area contributed by atoms with Crippen molar-refractivity contribution < 1.29 is 0 Å². The Morgan fingerprint density at radius 3 is 2.39 bits per heavy atom. The van der Waals surface area contributed by atoms with Gasteiger partial charge in [0.15, 0.2) is 0 Å². The lowest BCUT2D eigenvalue weighted by Crippen LogP contribution is -2.32. The molecule has 0 aromatic heterocycles. The van der Waals surface area contributed by atoms with Crippen molar-refractivity contribution in [2.24, 2.45) is 5.92 Å². The Hall–Kier alpha value is -0.0900. The van der Waals surface area contributed by atoms with Crippen LogP contribution in [0.1, 0.15) is 51.0 Å². The van der Waals surface area contributed by atoms with Gasteiger partial charge in [-0.05, 0) is 71.9 Å². The molecule has 0 unspecified atom stereocenters. The van der Waals surface area contributed by atoms with Crippen LogP contribution in [0, 0.1) is 9.49 Å². The van der Waals surface area contributed by atoms with Gasteiger partial charge in [-0.1, -0.05) is 31.9 Å². The van der Waals surface area contributed by atoms with Crippen molar-refractivity contribution >= 4 is 22.6 Å². The van der Waals surface area contributed by atoms with Crippen LogP contribution < -0.4 is 5.32 Å². The van der Waals surface area contributed by atoms with Crippen molar-refractivity contribution in [2.75, 3.05) is 0 Å². The molecule has 0 saturated heterocycles. The Bertz CT molecular complexity index is 339. The lowest BCUT2D eigenvalue weighted by molar-refractivity contribution is 0.277. The lowest BCUT2D eigenvalue weighted by Gasteiger charge is -2.29. The normalized spacial score (nSPS) is 24.1. The van der Waals surface area contributed by atoms with Gasteiger partial charge in [0.05, 0.1) is 0 Å². The van der Waals surface area contributed by atoms with Crippen LogP contribution >= 0.6 is 22.6 Å². The fourth-order valence-corrected chi connectivity index (χ4v) is 3.29. The second-order valence-corrected chi connectivity index (χ2v) is 6.76. The van der Waals surface area contributed by atoms with Crippen LogP contribution in [0.5, 0.6) is 0 Å². The standard InChI is InChI=1S/C16H24IN/c1-2-3-13-6-10-16(11-7-13)18-12-14-4-8-15(17)9-5-14/h4-5,8-9,13,16,18H,2-3,6-7,10-12H2,1H3. The van der Waals surface area contributed by atoms with Gasteiger partial charge in [-0.15, -0.1) is 0 Å². The van der Waals surface area contributed by atoms with Crippen molar-refractivity contribution in [2.45, 2.75) is 58.0 Å². The maximum absolute atomic E-state index is 3.72. The van der Waals surface area contributed by atoms with Crippen molar-refractivity contribution in [3.8, 4) is 0 Å². The first-order valence-corrected chi connectivity index (χ1v) is 8.33. The van der Waals surface area contributed by atoms with Crippen LogP contribution in [0.3, 0.4) is 0 Å². The molecule has 1 nitrogen and oxygen atoms in total. The van der Waals surface area contributed by atoms with Crippen molar-refractivity contribution in [1.82, 2.24) is 5.32 Å². The molecular formula is C16H24IN. The first kappa shape index (κ1) is 14.3. The highest BCUT2D eigenvalue weighted by atomic mass is 127. The fourth-order valence-electron chi connectivity index (χ4n) is 2.93. The van der Waals surface area contributed by atoms with E-state index in [9.17, 15) is 0 Å². The molecule has 0 amide bonds. The summed E-state index contributed by atoms with van der Waals surface area (Å²) in [6.07, 6.45) is 8.38. The van der Waals surface area contributed by atoms with E-state index in [1.54, 1.807) is 0 Å². The van der Waals surface area contributed by atoms with Crippen LogP contribution in [0.25, 0.3) is 0 Å². The van der Waals surface area contributed by atoms with Crippen LogP contribution in [-0.2, 0) is 6.54 Å². The quantitative estimate of drug-likeness (QED) is 0.751. The summed E-state index contributed by atoms with van der Waals surface area (Å²) >= 11 is 2.36. The molecule has 0 bridgehead atoms. The summed E-state index contributed by atoms with van der Waals surface area (Å²) in [5.41, 5.74) is 1.41. The van der Waals surface area contributed by atoms with Gasteiger partial charge < -0.3 is 5.32 Å². The molecule has 100 valence electrons. The number of nitrogens with one attached hydrogen (secondary N) is 1. The Labute approximate surface area is 125 Å². The molecule has 1 aromatic rings. The minimum Gasteiger partial charge on any atom is -0.310 e. The largest absolute Gasteiger partial charge is 0.310 e. The van der Waals surface area contributed by atoms with Crippen molar-refractivity contribution in [3.63, 3.8) is 0 Å². The monoisotopic (exact) mass is 357 g/mol. The summed E-state index contributed by atoms with van der Waals surface area (Å²) in [6, 6.07) is 9.60. The molecule has 1 fully saturated rings. The average Bonchev–Trinajstić information content (AvgIpc) is 2.40. The minimum atomic E-state index is 0.748. The molecule has 0 aliphatic heterocycles. The van der Waals surface area contributed by atoms with E-state index in [1.165, 1.54) is 47.7 Å². The zero-order valence-electron chi connectivity index (χ0n) is 11.3. The zero-order chi connectivity index (χ0) is 12.8. The highest BCUT2D eigenvalue weighted by Crippen LogP contribution is 2.27. The van der Waals surface area contributed by atoms with Crippen molar-refractivity contribution in [3.05, 3.63) is 33.4 Å². The zero-order valence-corrected chi connectivity index (χ0v) is 13.4. The predicted molar refractivity (Wildman–Crippen MR) is 86.7 cm³/mol. The molecule has 0 heterocycles. The Morgan fingerprint density at radius 2 is 1.78 bits per heavy atom. The van der Waals surface area contributed by atoms with Gasteiger partial charge in [-0.2, -0.15) is 0 Å². The average molecular weight is 357 g/mol. The molecule has 2 heteroatoms. The summed E-state index contributed by atoms with van der Waals surface area (Å²) in [5.74, 6) is 1.01. The van der Waals surface area contributed by atoms with Crippen LogP contribution in [0.4, 0.5) is 0 Å². The van der Waals surface area contributed by atoms with Crippen LogP contribution in [-0.4, -0.2) is 6.04 Å². The van der Waals surface area contributed by atoms with Crippen LogP contribution in [0.2, 0.25) is 0 Å². The second kappa shape index (κ2) is 7.49. The molecule has 0 spiro atoms. The fraction of sp³-hybridized carbons (Fsp3) is 0.625. The third-order valence-corrected chi connectivity index (χ3v) is 4.77. The van der Waals surface area contributed by atoms with Gasteiger partial charge in [0.25, 0.3) is 0 Å². The third-order valence-electron chi connectivity index (χ3n) is 4.05. The molecule has 1 saturated carbocycles.